The Kier molecular flexibility index (Phi) is 4.36. The van der Waals surface area contributed by atoms with Crippen LogP contribution in [0.25, 0.3) is 5.65 Å². The molecule has 0 aliphatic rings. The maximum absolute atomic E-state index is 12.7. The first-order valence-corrected chi connectivity index (χ1v) is 8.33. The van der Waals surface area contributed by atoms with Crippen molar-refractivity contribution >= 4 is 56.4 Å². The fourth-order valence-electron chi connectivity index (χ4n) is 2.32. The Morgan fingerprint density at radius 3 is 2.70 bits per heavy atom. The molecule has 1 aromatic carbocycles. The number of halogens is 3. The van der Waals surface area contributed by atoms with E-state index in [-0.39, 0.29) is 5.91 Å². The molecule has 118 valence electrons. The largest absolute Gasteiger partial charge is 0.321 e. The van der Waals surface area contributed by atoms with Gasteiger partial charge >= 0.3 is 0 Å². The van der Waals surface area contributed by atoms with Gasteiger partial charge in [-0.1, -0.05) is 45.2 Å². The van der Waals surface area contributed by atoms with Crippen molar-refractivity contribution in [3.05, 3.63) is 61.9 Å². The van der Waals surface area contributed by atoms with Crippen LogP contribution in [0.1, 0.15) is 21.7 Å². The van der Waals surface area contributed by atoms with E-state index in [9.17, 15) is 4.79 Å². The Bertz CT molecular complexity index is 937. The van der Waals surface area contributed by atoms with E-state index >= 15 is 0 Å². The maximum Gasteiger partial charge on any atom is 0.274 e. The van der Waals surface area contributed by atoms with Crippen molar-refractivity contribution in [1.29, 1.82) is 0 Å². The molecule has 1 amide bonds. The van der Waals surface area contributed by atoms with Gasteiger partial charge in [0.15, 0.2) is 5.65 Å². The van der Waals surface area contributed by atoms with E-state index in [2.05, 4.69) is 26.2 Å². The predicted octanol–water partition coefficient (Wildman–Crippen LogP) is 5.27. The van der Waals surface area contributed by atoms with Gasteiger partial charge in [0.05, 0.1) is 15.7 Å². The molecular weight excluding hydrogens is 401 g/mol. The van der Waals surface area contributed by atoms with Crippen molar-refractivity contribution in [2.45, 2.75) is 13.8 Å². The van der Waals surface area contributed by atoms with Gasteiger partial charge in [-0.15, -0.1) is 0 Å². The van der Waals surface area contributed by atoms with Gasteiger partial charge in [-0.05, 0) is 37.6 Å². The fourth-order valence-corrected chi connectivity index (χ4v) is 3.21. The van der Waals surface area contributed by atoms with Crippen molar-refractivity contribution in [2.24, 2.45) is 0 Å². The highest BCUT2D eigenvalue weighted by atomic mass is 79.9. The first kappa shape index (κ1) is 16.3. The highest BCUT2D eigenvalue weighted by Gasteiger charge is 2.19. The number of aromatic nitrogens is 2. The van der Waals surface area contributed by atoms with Crippen molar-refractivity contribution < 1.29 is 4.79 Å². The van der Waals surface area contributed by atoms with E-state index in [0.29, 0.717) is 32.8 Å². The van der Waals surface area contributed by atoms with Gasteiger partial charge in [0.2, 0.25) is 0 Å². The van der Waals surface area contributed by atoms with Crippen LogP contribution >= 0.6 is 39.1 Å². The molecule has 2 heterocycles. The Balaban J connectivity index is 2.04. The minimum Gasteiger partial charge on any atom is -0.321 e. The average molecular weight is 413 g/mol. The Morgan fingerprint density at radius 1 is 1.26 bits per heavy atom. The summed E-state index contributed by atoms with van der Waals surface area (Å²) in [5, 5.41) is 3.71. The number of carbonyl (C=O) groups is 1. The second kappa shape index (κ2) is 6.15. The van der Waals surface area contributed by atoms with Gasteiger partial charge < -0.3 is 5.32 Å². The molecule has 3 aromatic rings. The third-order valence-electron chi connectivity index (χ3n) is 3.46. The maximum atomic E-state index is 12.7. The number of benzene rings is 1. The molecule has 2 aromatic heterocycles. The van der Waals surface area contributed by atoms with Gasteiger partial charge in [-0.3, -0.25) is 9.20 Å². The van der Waals surface area contributed by atoms with Crippen LogP contribution in [0.5, 0.6) is 0 Å². The lowest BCUT2D eigenvalue weighted by Crippen LogP contribution is -2.15. The molecule has 7 heteroatoms. The summed E-state index contributed by atoms with van der Waals surface area (Å²) >= 11 is 15.6. The first-order valence-electron chi connectivity index (χ1n) is 6.78. The van der Waals surface area contributed by atoms with Gasteiger partial charge in [-0.25, -0.2) is 4.98 Å². The number of hydrogen-bond acceptors (Lipinski definition) is 2. The van der Waals surface area contributed by atoms with Crippen LogP contribution in [0.3, 0.4) is 0 Å². The van der Waals surface area contributed by atoms with Crippen molar-refractivity contribution in [2.75, 3.05) is 5.32 Å². The minimum atomic E-state index is -0.274. The monoisotopic (exact) mass is 411 g/mol. The molecule has 0 atom stereocenters. The summed E-state index contributed by atoms with van der Waals surface area (Å²) in [5.41, 5.74) is 3.27. The Morgan fingerprint density at radius 2 is 2.00 bits per heavy atom. The highest BCUT2D eigenvalue weighted by Crippen LogP contribution is 2.25. The van der Waals surface area contributed by atoms with E-state index in [1.54, 1.807) is 23.6 Å². The molecule has 3 rings (SSSR count). The van der Waals surface area contributed by atoms with Crippen molar-refractivity contribution in [1.82, 2.24) is 9.38 Å². The molecule has 0 fully saturated rings. The van der Waals surface area contributed by atoms with Crippen LogP contribution < -0.4 is 5.32 Å². The number of nitrogens with one attached hydrogen (secondary N) is 1. The summed E-state index contributed by atoms with van der Waals surface area (Å²) in [6.07, 6.45) is 1.63. The lowest BCUT2D eigenvalue weighted by Gasteiger charge is -2.08. The van der Waals surface area contributed by atoms with E-state index in [4.69, 9.17) is 23.2 Å². The molecule has 0 saturated carbocycles. The van der Waals surface area contributed by atoms with E-state index in [1.807, 2.05) is 25.1 Å². The molecule has 0 spiro atoms. The van der Waals surface area contributed by atoms with Crippen LogP contribution in [-0.4, -0.2) is 15.3 Å². The lowest BCUT2D eigenvalue weighted by molar-refractivity contribution is 0.102. The van der Waals surface area contributed by atoms with Gasteiger partial charge in [0.1, 0.15) is 5.69 Å². The zero-order chi connectivity index (χ0) is 16.7. The second-order valence-electron chi connectivity index (χ2n) is 5.16. The fraction of sp³-hybridized carbons (Fsp3) is 0.125. The predicted molar refractivity (Wildman–Crippen MR) is 96.8 cm³/mol. The summed E-state index contributed by atoms with van der Waals surface area (Å²) in [6, 6.07) is 7.22. The number of aryl methyl sites for hydroxylation is 2. The van der Waals surface area contributed by atoms with Crippen LogP contribution in [-0.2, 0) is 0 Å². The quantitative estimate of drug-likeness (QED) is 0.622. The van der Waals surface area contributed by atoms with Crippen LogP contribution in [0.15, 0.2) is 34.9 Å². The van der Waals surface area contributed by atoms with Crippen LogP contribution in [0.2, 0.25) is 10.0 Å². The summed E-state index contributed by atoms with van der Waals surface area (Å²) in [5.74, 6) is -0.274. The van der Waals surface area contributed by atoms with Crippen molar-refractivity contribution in [3.63, 3.8) is 0 Å². The van der Waals surface area contributed by atoms with Gasteiger partial charge in [0, 0.05) is 16.4 Å². The first-order chi connectivity index (χ1) is 10.9. The lowest BCUT2D eigenvalue weighted by atomic mass is 10.2. The van der Waals surface area contributed by atoms with Gasteiger partial charge in [0.25, 0.3) is 5.91 Å². The van der Waals surface area contributed by atoms with Crippen molar-refractivity contribution in [3.8, 4) is 0 Å². The number of imidazole rings is 1. The number of pyridine rings is 1. The van der Waals surface area contributed by atoms with E-state index < -0.39 is 0 Å². The second-order valence-corrected chi connectivity index (χ2v) is 6.86. The number of fused-ring (bicyclic) bond motifs is 1. The molecule has 0 bridgehead atoms. The highest BCUT2D eigenvalue weighted by molar-refractivity contribution is 9.10. The Labute approximate surface area is 151 Å². The summed E-state index contributed by atoms with van der Waals surface area (Å²) in [6.45, 7) is 3.74. The van der Waals surface area contributed by atoms with Crippen LogP contribution in [0, 0.1) is 13.8 Å². The third-order valence-corrected chi connectivity index (χ3v) is 4.80. The number of anilines is 1. The number of carbonyl (C=O) groups excluding carboxylic acids is 1. The summed E-state index contributed by atoms with van der Waals surface area (Å²) < 4.78 is 2.54. The zero-order valence-electron chi connectivity index (χ0n) is 12.3. The smallest absolute Gasteiger partial charge is 0.274 e. The zero-order valence-corrected chi connectivity index (χ0v) is 15.4. The topological polar surface area (TPSA) is 46.4 Å². The Hall–Kier alpha value is -1.56. The number of hydrogen-bond donors (Lipinski definition) is 1. The number of rotatable bonds is 2. The standard InChI is InChI=1S/C16H12BrCl2N3O/c1-8-3-4-11(6-12(8)17)21-16(23)14-9(2)20-15-13(19)5-10(18)7-22(14)15/h3-7H,1-2H3,(H,21,23). The average Bonchev–Trinajstić information content (AvgIpc) is 2.79. The molecule has 23 heavy (non-hydrogen) atoms. The van der Waals surface area contributed by atoms with E-state index in [0.717, 1.165) is 10.0 Å². The molecule has 0 aliphatic carbocycles. The minimum absolute atomic E-state index is 0.274. The molecule has 4 nitrogen and oxygen atoms in total. The van der Waals surface area contributed by atoms with Crippen LogP contribution in [0.4, 0.5) is 5.69 Å². The molecule has 0 radical (unpaired) electrons. The van der Waals surface area contributed by atoms with E-state index in [1.165, 1.54) is 0 Å². The molecule has 0 saturated heterocycles. The summed E-state index contributed by atoms with van der Waals surface area (Å²) in [7, 11) is 0. The molecule has 0 unspecified atom stereocenters. The molecule has 1 N–H and O–H groups in total. The third kappa shape index (κ3) is 3.09. The number of amides is 1. The molecular formula is C16H12BrCl2N3O. The normalized spacial score (nSPS) is 11.0. The number of nitrogens with zero attached hydrogens (tertiary/aromatic N) is 2. The SMILES string of the molecule is Cc1ccc(NC(=O)c2c(C)nc3c(Cl)cc(Cl)cn23)cc1Br. The molecule has 0 aliphatic heterocycles. The summed E-state index contributed by atoms with van der Waals surface area (Å²) in [4.78, 5) is 17.0. The van der Waals surface area contributed by atoms with Gasteiger partial charge in [-0.2, -0.15) is 0 Å².